The van der Waals surface area contributed by atoms with Crippen LogP contribution in [-0.2, 0) is 4.74 Å². The van der Waals surface area contributed by atoms with Crippen molar-refractivity contribution in [2.75, 3.05) is 13.1 Å². The zero-order chi connectivity index (χ0) is 16.7. The summed E-state index contributed by atoms with van der Waals surface area (Å²) in [6.45, 7) is 7.33. The van der Waals surface area contributed by atoms with Crippen LogP contribution in [0.25, 0.3) is 0 Å². The Labute approximate surface area is 142 Å². The van der Waals surface area contributed by atoms with Crippen molar-refractivity contribution in [3.05, 3.63) is 23.2 Å². The minimum atomic E-state index is -0.427. The van der Waals surface area contributed by atoms with Crippen molar-refractivity contribution in [2.45, 2.75) is 58.0 Å². The molecule has 0 bridgehead atoms. The first-order valence-corrected chi connectivity index (χ1v) is 8.60. The summed E-state index contributed by atoms with van der Waals surface area (Å²) in [5.74, 6) is 1.31. The lowest BCUT2D eigenvalue weighted by Crippen LogP contribution is -2.60. The molecule has 0 aromatic carbocycles. The molecule has 1 aromatic rings. The smallest absolute Gasteiger partial charge is 0.410 e. The van der Waals surface area contributed by atoms with E-state index < -0.39 is 5.60 Å². The molecule has 2 aliphatic rings. The summed E-state index contributed by atoms with van der Waals surface area (Å²) in [4.78, 5) is 22.6. The normalized spacial score (nSPS) is 21.1. The molecule has 126 valence electrons. The molecule has 2 heterocycles. The fourth-order valence-electron chi connectivity index (χ4n) is 3.56. The predicted molar refractivity (Wildman–Crippen MR) is 88.5 cm³/mol. The van der Waals surface area contributed by atoms with Gasteiger partial charge in [-0.2, -0.15) is 0 Å². The number of carbonyl (C=O) groups excluding carboxylic acids is 1. The van der Waals surface area contributed by atoms with Crippen LogP contribution in [0.5, 0.6) is 0 Å². The number of rotatable bonds is 1. The Hall–Kier alpha value is -1.36. The van der Waals surface area contributed by atoms with E-state index in [1.165, 1.54) is 0 Å². The molecule has 5 nitrogen and oxygen atoms in total. The largest absolute Gasteiger partial charge is 0.444 e. The highest BCUT2D eigenvalue weighted by molar-refractivity contribution is 6.30. The molecule has 1 saturated carbocycles. The van der Waals surface area contributed by atoms with Gasteiger partial charge in [-0.15, -0.1) is 0 Å². The molecule has 1 aromatic heterocycles. The van der Waals surface area contributed by atoms with Crippen molar-refractivity contribution in [1.29, 1.82) is 0 Å². The van der Waals surface area contributed by atoms with Gasteiger partial charge in [-0.25, -0.2) is 14.8 Å². The Morgan fingerprint density at radius 1 is 1.26 bits per heavy atom. The van der Waals surface area contributed by atoms with E-state index in [4.69, 9.17) is 16.3 Å². The first kappa shape index (κ1) is 16.5. The molecule has 0 N–H and O–H groups in total. The first-order chi connectivity index (χ1) is 10.8. The Bertz CT molecular complexity index is 566. The van der Waals surface area contributed by atoms with Crippen molar-refractivity contribution in [3.63, 3.8) is 0 Å². The molecule has 1 spiro atoms. The van der Waals surface area contributed by atoms with Gasteiger partial charge in [0.2, 0.25) is 0 Å². The van der Waals surface area contributed by atoms with Crippen LogP contribution < -0.4 is 0 Å². The molecular weight excluding hydrogens is 314 g/mol. The Morgan fingerprint density at radius 2 is 1.83 bits per heavy atom. The maximum Gasteiger partial charge on any atom is 0.410 e. The summed E-state index contributed by atoms with van der Waals surface area (Å²) in [7, 11) is 0. The number of hydrogen-bond donors (Lipinski definition) is 0. The second-order valence-electron chi connectivity index (χ2n) is 7.87. The number of carbonyl (C=O) groups is 1. The standard InChI is InChI=1S/C17H24ClN3O2/c1-16(2,3)23-15(22)21-10-17(11-21)6-4-12(5-7-17)14-19-8-13(18)9-20-14/h8-9,12H,4-7,10-11H2,1-3H3. The van der Waals surface area contributed by atoms with Gasteiger partial charge in [0.1, 0.15) is 11.4 Å². The van der Waals surface area contributed by atoms with Gasteiger partial charge in [0, 0.05) is 36.8 Å². The average molecular weight is 338 g/mol. The number of halogens is 1. The second kappa shape index (κ2) is 5.93. The van der Waals surface area contributed by atoms with E-state index in [2.05, 4.69) is 9.97 Å². The molecule has 2 fully saturated rings. The fourth-order valence-corrected chi connectivity index (χ4v) is 3.65. The quantitative estimate of drug-likeness (QED) is 0.776. The summed E-state index contributed by atoms with van der Waals surface area (Å²) in [5.41, 5.74) is -0.150. The third-order valence-corrected chi connectivity index (χ3v) is 4.95. The van der Waals surface area contributed by atoms with Gasteiger partial charge in [-0.05, 0) is 46.5 Å². The monoisotopic (exact) mass is 337 g/mol. The average Bonchev–Trinajstić information content (AvgIpc) is 2.44. The van der Waals surface area contributed by atoms with E-state index in [0.29, 0.717) is 10.9 Å². The van der Waals surface area contributed by atoms with E-state index in [-0.39, 0.29) is 11.5 Å². The van der Waals surface area contributed by atoms with Gasteiger partial charge in [0.15, 0.2) is 0 Å². The number of nitrogens with zero attached hydrogens (tertiary/aromatic N) is 3. The van der Waals surface area contributed by atoms with E-state index >= 15 is 0 Å². The minimum Gasteiger partial charge on any atom is -0.444 e. The SMILES string of the molecule is CC(C)(C)OC(=O)N1CC2(CCC(c3ncc(Cl)cn3)CC2)C1. The highest BCUT2D eigenvalue weighted by Gasteiger charge is 2.48. The lowest BCUT2D eigenvalue weighted by molar-refractivity contribution is -0.0509. The topological polar surface area (TPSA) is 55.3 Å². The van der Waals surface area contributed by atoms with Crippen LogP contribution in [0.3, 0.4) is 0 Å². The van der Waals surface area contributed by atoms with Gasteiger partial charge in [-0.3, -0.25) is 0 Å². The maximum atomic E-state index is 12.1. The number of aromatic nitrogens is 2. The molecule has 1 aliphatic heterocycles. The van der Waals surface area contributed by atoms with Gasteiger partial charge in [0.25, 0.3) is 0 Å². The highest BCUT2D eigenvalue weighted by atomic mass is 35.5. The zero-order valence-electron chi connectivity index (χ0n) is 14.0. The first-order valence-electron chi connectivity index (χ1n) is 8.22. The van der Waals surface area contributed by atoms with E-state index in [9.17, 15) is 4.79 Å². The van der Waals surface area contributed by atoms with Crippen LogP contribution in [0.1, 0.15) is 58.2 Å². The van der Waals surface area contributed by atoms with Crippen molar-refractivity contribution in [1.82, 2.24) is 14.9 Å². The van der Waals surface area contributed by atoms with Crippen LogP contribution in [-0.4, -0.2) is 39.7 Å². The van der Waals surface area contributed by atoms with E-state index in [0.717, 1.165) is 44.6 Å². The van der Waals surface area contributed by atoms with Crippen molar-refractivity contribution in [3.8, 4) is 0 Å². The van der Waals surface area contributed by atoms with E-state index in [1.54, 1.807) is 12.4 Å². The molecule has 3 rings (SSSR count). The Morgan fingerprint density at radius 3 is 2.35 bits per heavy atom. The number of amides is 1. The van der Waals surface area contributed by atoms with Crippen LogP contribution in [0, 0.1) is 5.41 Å². The number of ether oxygens (including phenoxy) is 1. The second-order valence-corrected chi connectivity index (χ2v) is 8.31. The van der Waals surface area contributed by atoms with Gasteiger partial charge in [0.05, 0.1) is 5.02 Å². The lowest BCUT2D eigenvalue weighted by Gasteiger charge is -2.53. The maximum absolute atomic E-state index is 12.1. The Balaban J connectivity index is 1.51. The van der Waals surface area contributed by atoms with Gasteiger partial charge < -0.3 is 9.64 Å². The van der Waals surface area contributed by atoms with Crippen LogP contribution in [0.2, 0.25) is 5.02 Å². The molecule has 23 heavy (non-hydrogen) atoms. The number of hydrogen-bond acceptors (Lipinski definition) is 4. The molecule has 0 unspecified atom stereocenters. The van der Waals surface area contributed by atoms with Crippen LogP contribution in [0.4, 0.5) is 4.79 Å². The summed E-state index contributed by atoms with van der Waals surface area (Å²) >= 11 is 5.84. The van der Waals surface area contributed by atoms with Crippen molar-refractivity contribution < 1.29 is 9.53 Å². The molecule has 0 radical (unpaired) electrons. The molecule has 0 atom stereocenters. The van der Waals surface area contributed by atoms with Crippen LogP contribution in [0.15, 0.2) is 12.4 Å². The molecule has 6 heteroatoms. The lowest BCUT2D eigenvalue weighted by atomic mass is 9.66. The highest BCUT2D eigenvalue weighted by Crippen LogP contribution is 2.48. The third-order valence-electron chi connectivity index (χ3n) is 4.76. The number of likely N-dealkylation sites (tertiary alicyclic amines) is 1. The van der Waals surface area contributed by atoms with Gasteiger partial charge >= 0.3 is 6.09 Å². The van der Waals surface area contributed by atoms with Crippen molar-refractivity contribution >= 4 is 17.7 Å². The Kier molecular flexibility index (Phi) is 4.25. The summed E-state index contributed by atoms with van der Waals surface area (Å²) in [5, 5.41) is 0.577. The van der Waals surface area contributed by atoms with E-state index in [1.807, 2.05) is 25.7 Å². The molecular formula is C17H24ClN3O2. The summed E-state index contributed by atoms with van der Waals surface area (Å²) in [6.07, 6.45) is 7.52. The van der Waals surface area contributed by atoms with Gasteiger partial charge in [-0.1, -0.05) is 11.6 Å². The molecule has 1 aliphatic carbocycles. The summed E-state index contributed by atoms with van der Waals surface area (Å²) in [6, 6.07) is 0. The fraction of sp³-hybridized carbons (Fsp3) is 0.706. The zero-order valence-corrected chi connectivity index (χ0v) is 14.8. The summed E-state index contributed by atoms with van der Waals surface area (Å²) < 4.78 is 5.43. The predicted octanol–water partition coefficient (Wildman–Crippen LogP) is 4.02. The molecule has 1 amide bonds. The molecule has 1 saturated heterocycles. The third kappa shape index (κ3) is 3.77. The van der Waals surface area contributed by atoms with Crippen molar-refractivity contribution in [2.24, 2.45) is 5.41 Å². The van der Waals surface area contributed by atoms with Crippen LogP contribution >= 0.6 is 11.6 Å². The minimum absolute atomic E-state index is 0.189.